The minimum atomic E-state index is -3.83. The summed E-state index contributed by atoms with van der Waals surface area (Å²) in [6, 6.07) is 11.8. The van der Waals surface area contributed by atoms with Gasteiger partial charge in [-0.15, -0.1) is 0 Å². The maximum atomic E-state index is 12.9. The summed E-state index contributed by atoms with van der Waals surface area (Å²) in [5.41, 5.74) is 0.565. The van der Waals surface area contributed by atoms with Gasteiger partial charge in [0.05, 0.1) is 15.7 Å². The standard InChI is InChI=1S/C14H12BrCl2NO2S/c1-2-18(11-6-4-3-5-7-11)21(19,20)14-12(16)8-10(15)9-13(14)17/h3-9H,2H2,1H3. The molecular formula is C14H12BrCl2NO2S. The maximum absolute atomic E-state index is 12.9. The van der Waals surface area contributed by atoms with Crippen molar-refractivity contribution >= 4 is 54.8 Å². The number of nitrogens with zero attached hydrogens (tertiary/aromatic N) is 1. The number of halogens is 3. The molecule has 0 aliphatic heterocycles. The summed E-state index contributed by atoms with van der Waals surface area (Å²) in [4.78, 5) is -0.0836. The van der Waals surface area contributed by atoms with Crippen LogP contribution < -0.4 is 4.31 Å². The average Bonchev–Trinajstić information content (AvgIpc) is 2.38. The van der Waals surface area contributed by atoms with Gasteiger partial charge >= 0.3 is 0 Å². The van der Waals surface area contributed by atoms with Crippen LogP contribution in [0.15, 0.2) is 51.8 Å². The van der Waals surface area contributed by atoms with Gasteiger partial charge in [0.1, 0.15) is 4.90 Å². The molecule has 0 amide bonds. The molecule has 2 aromatic carbocycles. The van der Waals surface area contributed by atoms with Gasteiger partial charge in [0, 0.05) is 11.0 Å². The monoisotopic (exact) mass is 407 g/mol. The van der Waals surface area contributed by atoms with Crippen LogP contribution in [-0.2, 0) is 10.0 Å². The fraction of sp³-hybridized carbons (Fsp3) is 0.143. The van der Waals surface area contributed by atoms with E-state index in [-0.39, 0.29) is 21.5 Å². The Morgan fingerprint density at radius 3 is 2.10 bits per heavy atom. The lowest BCUT2D eigenvalue weighted by Crippen LogP contribution is -2.31. The molecule has 0 saturated carbocycles. The molecule has 0 aromatic heterocycles. The van der Waals surface area contributed by atoms with Crippen molar-refractivity contribution < 1.29 is 8.42 Å². The molecule has 2 aromatic rings. The smallest absolute Gasteiger partial charge is 0.267 e. The topological polar surface area (TPSA) is 37.4 Å². The lowest BCUT2D eigenvalue weighted by molar-refractivity contribution is 0.592. The van der Waals surface area contributed by atoms with Crippen LogP contribution in [0, 0.1) is 0 Å². The Bertz CT molecular complexity index is 728. The highest BCUT2D eigenvalue weighted by Crippen LogP contribution is 2.36. The molecule has 0 aliphatic carbocycles. The van der Waals surface area contributed by atoms with E-state index in [1.165, 1.54) is 16.4 Å². The van der Waals surface area contributed by atoms with E-state index in [9.17, 15) is 8.42 Å². The molecule has 112 valence electrons. The highest BCUT2D eigenvalue weighted by Gasteiger charge is 2.28. The fourth-order valence-electron chi connectivity index (χ4n) is 1.97. The Morgan fingerprint density at radius 2 is 1.62 bits per heavy atom. The van der Waals surface area contributed by atoms with Crippen LogP contribution in [0.4, 0.5) is 5.69 Å². The molecule has 0 unspecified atom stereocenters. The van der Waals surface area contributed by atoms with Gasteiger partial charge in [-0.2, -0.15) is 0 Å². The Balaban J connectivity index is 2.61. The number of rotatable bonds is 4. The zero-order chi connectivity index (χ0) is 15.6. The van der Waals surface area contributed by atoms with E-state index in [0.29, 0.717) is 10.2 Å². The van der Waals surface area contributed by atoms with Crippen molar-refractivity contribution in [3.05, 3.63) is 57.0 Å². The number of hydrogen-bond acceptors (Lipinski definition) is 2. The molecule has 0 spiro atoms. The first-order valence-corrected chi connectivity index (χ1v) is 9.09. The SMILES string of the molecule is CCN(c1ccccc1)S(=O)(=O)c1c(Cl)cc(Br)cc1Cl. The zero-order valence-electron chi connectivity index (χ0n) is 11.1. The predicted octanol–water partition coefficient (Wildman–Crippen LogP) is 4.97. The molecular weight excluding hydrogens is 397 g/mol. The molecule has 0 atom stereocenters. The van der Waals surface area contributed by atoms with Gasteiger partial charge in [-0.25, -0.2) is 8.42 Å². The first kappa shape index (κ1) is 16.6. The third-order valence-corrected chi connectivity index (χ3v) is 6.13. The second kappa shape index (κ2) is 6.57. The molecule has 2 rings (SSSR count). The van der Waals surface area contributed by atoms with E-state index >= 15 is 0 Å². The molecule has 3 nitrogen and oxygen atoms in total. The van der Waals surface area contributed by atoms with Crippen molar-refractivity contribution in [2.24, 2.45) is 0 Å². The van der Waals surface area contributed by atoms with Crippen molar-refractivity contribution in [2.75, 3.05) is 10.8 Å². The number of anilines is 1. The lowest BCUT2D eigenvalue weighted by atomic mass is 10.3. The number of sulfonamides is 1. The van der Waals surface area contributed by atoms with E-state index in [2.05, 4.69) is 15.9 Å². The predicted molar refractivity (Wildman–Crippen MR) is 90.8 cm³/mol. The molecule has 0 aliphatic rings. The number of para-hydroxylation sites is 1. The summed E-state index contributed by atoms with van der Waals surface area (Å²) in [6.45, 7) is 2.03. The van der Waals surface area contributed by atoms with Crippen molar-refractivity contribution in [2.45, 2.75) is 11.8 Å². The first-order chi connectivity index (χ1) is 9.87. The van der Waals surface area contributed by atoms with E-state index < -0.39 is 10.0 Å². The molecule has 0 bridgehead atoms. The van der Waals surface area contributed by atoms with E-state index in [1.807, 2.05) is 6.07 Å². The molecule has 0 fully saturated rings. The second-order valence-corrected chi connectivity index (χ2v) is 7.73. The maximum Gasteiger partial charge on any atom is 0.267 e. The number of hydrogen-bond donors (Lipinski definition) is 0. The highest BCUT2D eigenvalue weighted by atomic mass is 79.9. The minimum Gasteiger partial charge on any atom is -0.267 e. The van der Waals surface area contributed by atoms with E-state index in [0.717, 1.165) is 0 Å². The third kappa shape index (κ3) is 3.37. The van der Waals surface area contributed by atoms with Gasteiger partial charge in [0.25, 0.3) is 10.0 Å². The van der Waals surface area contributed by atoms with Crippen LogP contribution >= 0.6 is 39.1 Å². The Morgan fingerprint density at radius 1 is 1.10 bits per heavy atom. The Labute approximate surface area is 142 Å². The van der Waals surface area contributed by atoms with Gasteiger partial charge in [0.15, 0.2) is 0 Å². The summed E-state index contributed by atoms with van der Waals surface area (Å²) in [7, 11) is -3.83. The van der Waals surface area contributed by atoms with E-state index in [1.54, 1.807) is 31.2 Å². The summed E-state index contributed by atoms with van der Waals surface area (Å²) < 4.78 is 27.6. The van der Waals surface area contributed by atoms with Gasteiger partial charge < -0.3 is 0 Å². The van der Waals surface area contributed by atoms with Crippen molar-refractivity contribution in [1.29, 1.82) is 0 Å². The molecule has 0 radical (unpaired) electrons. The molecule has 0 heterocycles. The quantitative estimate of drug-likeness (QED) is 0.715. The Kier molecular flexibility index (Phi) is 5.20. The van der Waals surface area contributed by atoms with Crippen LogP contribution in [-0.4, -0.2) is 15.0 Å². The fourth-order valence-corrected chi connectivity index (χ4v) is 5.33. The summed E-state index contributed by atoms with van der Waals surface area (Å²) >= 11 is 15.4. The second-order valence-electron chi connectivity index (χ2n) is 4.20. The lowest BCUT2D eigenvalue weighted by Gasteiger charge is -2.24. The number of benzene rings is 2. The van der Waals surface area contributed by atoms with Crippen LogP contribution in [0.5, 0.6) is 0 Å². The van der Waals surface area contributed by atoms with Crippen LogP contribution in [0.25, 0.3) is 0 Å². The molecule has 0 N–H and O–H groups in total. The van der Waals surface area contributed by atoms with Gasteiger partial charge in [-0.1, -0.05) is 57.3 Å². The van der Waals surface area contributed by atoms with Gasteiger partial charge in [-0.3, -0.25) is 4.31 Å². The van der Waals surface area contributed by atoms with Crippen LogP contribution in [0.3, 0.4) is 0 Å². The largest absolute Gasteiger partial charge is 0.267 e. The summed E-state index contributed by atoms with van der Waals surface area (Å²) in [5, 5.41) is 0.174. The molecule has 21 heavy (non-hydrogen) atoms. The minimum absolute atomic E-state index is 0.0836. The zero-order valence-corrected chi connectivity index (χ0v) is 15.0. The highest BCUT2D eigenvalue weighted by molar-refractivity contribution is 9.10. The third-order valence-electron chi connectivity index (χ3n) is 2.84. The molecule has 0 saturated heterocycles. The first-order valence-electron chi connectivity index (χ1n) is 6.10. The van der Waals surface area contributed by atoms with Crippen LogP contribution in [0.2, 0.25) is 10.0 Å². The van der Waals surface area contributed by atoms with Crippen molar-refractivity contribution in [1.82, 2.24) is 0 Å². The van der Waals surface area contributed by atoms with Crippen LogP contribution in [0.1, 0.15) is 6.92 Å². The Hall–Kier alpha value is -0.750. The van der Waals surface area contributed by atoms with Gasteiger partial charge in [0.2, 0.25) is 0 Å². The summed E-state index contributed by atoms with van der Waals surface area (Å²) in [5.74, 6) is 0. The molecule has 7 heteroatoms. The van der Waals surface area contributed by atoms with Crippen molar-refractivity contribution in [3.8, 4) is 0 Å². The van der Waals surface area contributed by atoms with Crippen molar-refractivity contribution in [3.63, 3.8) is 0 Å². The normalized spacial score (nSPS) is 11.4. The summed E-state index contributed by atoms with van der Waals surface area (Å²) in [6.07, 6.45) is 0. The average molecular weight is 409 g/mol. The van der Waals surface area contributed by atoms with Gasteiger partial charge in [-0.05, 0) is 31.2 Å². The van der Waals surface area contributed by atoms with E-state index in [4.69, 9.17) is 23.2 Å².